The standard InChI is InChI=1S/C19H29FN2O4/c1-4-22-10-6-8-14(22)12-21-19(24)16-17(23)13(7-5-9-20)11-15(25-2)18(16)26-3/h11,14,23H,4-10,12H2,1-3H3,(H,21,24)/t14-/m1/s1. The summed E-state index contributed by atoms with van der Waals surface area (Å²) in [7, 11) is 2.89. The molecule has 1 atom stereocenters. The normalized spacial score (nSPS) is 17.3. The molecule has 1 aliphatic rings. The Morgan fingerprint density at radius 3 is 2.81 bits per heavy atom. The number of carbonyl (C=O) groups is 1. The van der Waals surface area contributed by atoms with Gasteiger partial charge >= 0.3 is 0 Å². The number of hydrogen-bond acceptors (Lipinski definition) is 5. The fourth-order valence-electron chi connectivity index (χ4n) is 3.54. The largest absolute Gasteiger partial charge is 0.507 e. The molecule has 6 nitrogen and oxygen atoms in total. The van der Waals surface area contributed by atoms with E-state index in [9.17, 15) is 14.3 Å². The first-order chi connectivity index (χ1) is 12.6. The first kappa shape index (κ1) is 20.3. The Kier molecular flexibility index (Phi) is 7.50. The van der Waals surface area contributed by atoms with Crippen LogP contribution in [0, 0.1) is 0 Å². The van der Waals surface area contributed by atoms with Crippen LogP contribution in [0.15, 0.2) is 6.07 Å². The number of likely N-dealkylation sites (N-methyl/N-ethyl adjacent to an activating group) is 1. The molecule has 26 heavy (non-hydrogen) atoms. The monoisotopic (exact) mass is 368 g/mol. The Hall–Kier alpha value is -2.02. The van der Waals surface area contributed by atoms with Crippen molar-refractivity contribution < 1.29 is 23.8 Å². The van der Waals surface area contributed by atoms with Crippen molar-refractivity contribution in [2.24, 2.45) is 0 Å². The molecule has 0 bridgehead atoms. The summed E-state index contributed by atoms with van der Waals surface area (Å²) < 4.78 is 23.1. The number of ether oxygens (including phenoxy) is 2. The molecule has 1 amide bonds. The molecular formula is C19H29FN2O4. The fraction of sp³-hybridized carbons (Fsp3) is 0.632. The van der Waals surface area contributed by atoms with Crippen LogP contribution in [0.4, 0.5) is 4.39 Å². The number of nitrogens with one attached hydrogen (secondary N) is 1. The number of amides is 1. The van der Waals surface area contributed by atoms with E-state index >= 15 is 0 Å². The van der Waals surface area contributed by atoms with Crippen molar-refractivity contribution in [2.75, 3.05) is 40.5 Å². The highest BCUT2D eigenvalue weighted by Crippen LogP contribution is 2.40. The average Bonchev–Trinajstić information content (AvgIpc) is 3.12. The number of benzene rings is 1. The second-order valence-corrected chi connectivity index (χ2v) is 6.42. The minimum absolute atomic E-state index is 0.0433. The molecule has 0 aliphatic carbocycles. The minimum Gasteiger partial charge on any atom is -0.507 e. The maximum Gasteiger partial charge on any atom is 0.259 e. The summed E-state index contributed by atoms with van der Waals surface area (Å²) in [5, 5.41) is 13.5. The molecule has 1 aliphatic heterocycles. The smallest absolute Gasteiger partial charge is 0.259 e. The number of phenolic OH excluding ortho intramolecular Hbond substituents is 1. The van der Waals surface area contributed by atoms with Crippen LogP contribution in [0.1, 0.15) is 42.1 Å². The van der Waals surface area contributed by atoms with E-state index < -0.39 is 12.6 Å². The molecule has 2 rings (SSSR count). The SMILES string of the molecule is CCN1CCC[C@@H]1CNC(=O)c1c(O)c(CCCF)cc(OC)c1OC. The number of nitrogens with zero attached hydrogens (tertiary/aromatic N) is 1. The minimum atomic E-state index is -0.496. The third kappa shape index (κ3) is 4.38. The highest BCUT2D eigenvalue weighted by molar-refractivity contribution is 6.01. The van der Waals surface area contributed by atoms with Gasteiger partial charge in [0.05, 0.1) is 20.9 Å². The van der Waals surface area contributed by atoms with Crippen LogP contribution in [-0.2, 0) is 6.42 Å². The van der Waals surface area contributed by atoms with Crippen LogP contribution in [0.3, 0.4) is 0 Å². The van der Waals surface area contributed by atoms with Crippen molar-refractivity contribution in [1.29, 1.82) is 0 Å². The van der Waals surface area contributed by atoms with E-state index in [0.29, 0.717) is 30.3 Å². The van der Waals surface area contributed by atoms with E-state index in [-0.39, 0.29) is 23.5 Å². The molecule has 0 saturated carbocycles. The zero-order valence-corrected chi connectivity index (χ0v) is 15.8. The van der Waals surface area contributed by atoms with Crippen molar-refractivity contribution in [3.8, 4) is 17.2 Å². The number of aryl methyl sites for hydroxylation is 1. The number of methoxy groups -OCH3 is 2. The first-order valence-electron chi connectivity index (χ1n) is 9.12. The highest BCUT2D eigenvalue weighted by Gasteiger charge is 2.27. The van der Waals surface area contributed by atoms with Crippen LogP contribution in [0.2, 0.25) is 0 Å². The van der Waals surface area contributed by atoms with E-state index in [4.69, 9.17) is 9.47 Å². The van der Waals surface area contributed by atoms with Gasteiger partial charge in [0, 0.05) is 12.6 Å². The molecule has 0 spiro atoms. The summed E-state index contributed by atoms with van der Waals surface area (Å²) in [6.45, 7) is 4.10. The molecule has 7 heteroatoms. The van der Waals surface area contributed by atoms with E-state index in [2.05, 4.69) is 17.1 Å². The maximum absolute atomic E-state index is 12.8. The Bertz CT molecular complexity index is 624. The summed E-state index contributed by atoms with van der Waals surface area (Å²) in [6.07, 6.45) is 2.74. The van der Waals surface area contributed by atoms with Gasteiger partial charge < -0.3 is 19.9 Å². The summed E-state index contributed by atoms with van der Waals surface area (Å²) in [5.41, 5.74) is 0.517. The van der Waals surface area contributed by atoms with Gasteiger partial charge in [-0.3, -0.25) is 14.1 Å². The van der Waals surface area contributed by atoms with Gasteiger partial charge in [-0.15, -0.1) is 0 Å². The molecule has 1 heterocycles. The van der Waals surface area contributed by atoms with Crippen LogP contribution < -0.4 is 14.8 Å². The second kappa shape index (κ2) is 9.62. The van der Waals surface area contributed by atoms with Gasteiger partial charge in [-0.25, -0.2) is 0 Å². The van der Waals surface area contributed by atoms with Crippen LogP contribution in [0.25, 0.3) is 0 Å². The van der Waals surface area contributed by atoms with E-state index in [0.717, 1.165) is 25.9 Å². The lowest BCUT2D eigenvalue weighted by Gasteiger charge is -2.23. The van der Waals surface area contributed by atoms with Crippen molar-refractivity contribution in [1.82, 2.24) is 10.2 Å². The second-order valence-electron chi connectivity index (χ2n) is 6.42. The Labute approximate surface area is 154 Å². The predicted molar refractivity (Wildman–Crippen MR) is 98.1 cm³/mol. The summed E-state index contributed by atoms with van der Waals surface area (Å²) >= 11 is 0. The quantitative estimate of drug-likeness (QED) is 0.701. The third-order valence-corrected chi connectivity index (χ3v) is 4.93. The zero-order valence-electron chi connectivity index (χ0n) is 15.8. The van der Waals surface area contributed by atoms with Gasteiger partial charge in [-0.2, -0.15) is 0 Å². The van der Waals surface area contributed by atoms with Gasteiger partial charge in [-0.05, 0) is 50.4 Å². The van der Waals surface area contributed by atoms with Crippen molar-refractivity contribution >= 4 is 5.91 Å². The van der Waals surface area contributed by atoms with Gasteiger partial charge in [0.2, 0.25) is 0 Å². The van der Waals surface area contributed by atoms with Gasteiger partial charge in [-0.1, -0.05) is 6.92 Å². The third-order valence-electron chi connectivity index (χ3n) is 4.93. The molecule has 0 unspecified atom stereocenters. The lowest BCUT2D eigenvalue weighted by molar-refractivity contribution is 0.0934. The zero-order chi connectivity index (χ0) is 19.1. The summed E-state index contributed by atoms with van der Waals surface area (Å²) in [4.78, 5) is 15.1. The van der Waals surface area contributed by atoms with Gasteiger partial charge in [0.25, 0.3) is 5.91 Å². The topological polar surface area (TPSA) is 71.0 Å². The molecule has 1 fully saturated rings. The number of hydrogen-bond donors (Lipinski definition) is 2. The van der Waals surface area contributed by atoms with Crippen molar-refractivity contribution in [3.63, 3.8) is 0 Å². The van der Waals surface area contributed by atoms with Gasteiger partial charge in [0.1, 0.15) is 11.3 Å². The van der Waals surface area contributed by atoms with Crippen molar-refractivity contribution in [2.45, 2.75) is 38.6 Å². The lowest BCUT2D eigenvalue weighted by Crippen LogP contribution is -2.40. The van der Waals surface area contributed by atoms with Crippen LogP contribution in [0.5, 0.6) is 17.2 Å². The summed E-state index contributed by atoms with van der Waals surface area (Å²) in [5.74, 6) is -0.0549. The predicted octanol–water partition coefficient (Wildman–Crippen LogP) is 2.53. The Morgan fingerprint density at radius 2 is 2.19 bits per heavy atom. The van der Waals surface area contributed by atoms with E-state index in [1.807, 2.05) is 0 Å². The Morgan fingerprint density at radius 1 is 1.42 bits per heavy atom. The lowest BCUT2D eigenvalue weighted by atomic mass is 10.0. The molecule has 1 aromatic rings. The maximum atomic E-state index is 12.8. The van der Waals surface area contributed by atoms with Gasteiger partial charge in [0.15, 0.2) is 11.5 Å². The molecule has 0 aromatic heterocycles. The summed E-state index contributed by atoms with van der Waals surface area (Å²) in [6, 6.07) is 1.89. The number of aromatic hydroxyl groups is 1. The first-order valence-corrected chi connectivity index (χ1v) is 9.12. The molecule has 1 aromatic carbocycles. The van der Waals surface area contributed by atoms with E-state index in [1.165, 1.54) is 14.2 Å². The molecule has 2 N–H and O–H groups in total. The number of carbonyl (C=O) groups excluding carboxylic acids is 1. The number of alkyl halides is 1. The number of rotatable bonds is 9. The number of phenols is 1. The number of halogens is 1. The Balaban J connectivity index is 2.25. The fourth-order valence-corrected chi connectivity index (χ4v) is 3.54. The highest BCUT2D eigenvalue weighted by atomic mass is 19.1. The molecule has 0 radical (unpaired) electrons. The average molecular weight is 368 g/mol. The van der Waals surface area contributed by atoms with Crippen molar-refractivity contribution in [3.05, 3.63) is 17.2 Å². The molecular weight excluding hydrogens is 339 g/mol. The number of likely N-dealkylation sites (tertiary alicyclic amines) is 1. The molecule has 146 valence electrons. The van der Waals surface area contributed by atoms with Crippen LogP contribution >= 0.6 is 0 Å². The molecule has 1 saturated heterocycles. The van der Waals surface area contributed by atoms with E-state index in [1.54, 1.807) is 6.07 Å². The van der Waals surface area contributed by atoms with Crippen LogP contribution in [-0.4, -0.2) is 62.5 Å².